The monoisotopic (exact) mass is 431 g/mol. The van der Waals surface area contributed by atoms with Gasteiger partial charge in [0.2, 0.25) is 5.91 Å². The maximum Gasteiger partial charge on any atom is 0.320 e. The van der Waals surface area contributed by atoms with Crippen molar-refractivity contribution in [3.8, 4) is 0 Å². The first-order chi connectivity index (χ1) is 14.8. The molecular weight excluding hydrogens is 401 g/mol. The van der Waals surface area contributed by atoms with Crippen LogP contribution >= 0.6 is 0 Å². The zero-order chi connectivity index (χ0) is 22.4. The Labute approximate surface area is 182 Å². The van der Waals surface area contributed by atoms with Crippen LogP contribution in [0.2, 0.25) is 0 Å². The second kappa shape index (κ2) is 10.4. The normalized spacial score (nSPS) is 15.7. The Morgan fingerprint density at radius 3 is 2.39 bits per heavy atom. The first-order valence-electron chi connectivity index (χ1n) is 10.5. The van der Waals surface area contributed by atoms with Gasteiger partial charge in [-0.2, -0.15) is 0 Å². The number of hydrogen-bond donors (Lipinski definition) is 0. The molecule has 0 spiro atoms. The molecule has 0 bridgehead atoms. The van der Waals surface area contributed by atoms with E-state index >= 15 is 0 Å². The minimum Gasteiger partial charge on any atom is -0.464 e. The Kier molecular flexibility index (Phi) is 7.68. The fraction of sp³-hybridized carbons (Fsp3) is 0.478. The molecule has 2 aromatic rings. The van der Waals surface area contributed by atoms with E-state index in [-0.39, 0.29) is 43.5 Å². The molecule has 3 rings (SSSR count). The molecule has 0 aliphatic carbocycles. The lowest BCUT2D eigenvalue weighted by Crippen LogP contribution is -2.48. The van der Waals surface area contributed by atoms with Gasteiger partial charge in [-0.25, -0.2) is 9.18 Å². The minimum atomic E-state index is -0.331. The Bertz CT molecular complexity index is 875. The van der Waals surface area contributed by atoms with E-state index < -0.39 is 0 Å². The van der Waals surface area contributed by atoms with E-state index in [0.29, 0.717) is 18.9 Å². The Morgan fingerprint density at radius 1 is 1.06 bits per heavy atom. The van der Waals surface area contributed by atoms with Gasteiger partial charge in [-0.3, -0.25) is 4.79 Å². The van der Waals surface area contributed by atoms with Gasteiger partial charge in [-0.05, 0) is 49.6 Å². The zero-order valence-electron chi connectivity index (χ0n) is 18.3. The van der Waals surface area contributed by atoms with Crippen molar-refractivity contribution in [1.82, 2.24) is 14.7 Å². The van der Waals surface area contributed by atoms with Crippen LogP contribution in [0.3, 0.4) is 0 Å². The third kappa shape index (κ3) is 6.55. The fourth-order valence-electron chi connectivity index (χ4n) is 3.59. The number of aryl methyl sites for hydroxylation is 1. The number of urea groups is 1. The van der Waals surface area contributed by atoms with Crippen molar-refractivity contribution in [2.75, 3.05) is 33.8 Å². The summed E-state index contributed by atoms with van der Waals surface area (Å²) in [5.41, 5.74) is 0.794. The van der Waals surface area contributed by atoms with E-state index in [1.165, 1.54) is 21.9 Å². The summed E-state index contributed by atoms with van der Waals surface area (Å²) in [6.45, 7) is 3.35. The van der Waals surface area contributed by atoms with Crippen molar-refractivity contribution in [1.29, 1.82) is 0 Å². The molecule has 31 heavy (non-hydrogen) atoms. The van der Waals surface area contributed by atoms with Gasteiger partial charge in [0.1, 0.15) is 23.9 Å². The predicted octanol–water partition coefficient (Wildman–Crippen LogP) is 3.42. The van der Waals surface area contributed by atoms with Gasteiger partial charge >= 0.3 is 6.03 Å². The summed E-state index contributed by atoms with van der Waals surface area (Å²) in [6.07, 6.45) is 1.77. The van der Waals surface area contributed by atoms with Crippen molar-refractivity contribution in [2.45, 2.75) is 39.0 Å². The average molecular weight is 432 g/mol. The summed E-state index contributed by atoms with van der Waals surface area (Å²) in [4.78, 5) is 30.6. The third-order valence-electron chi connectivity index (χ3n) is 5.21. The third-order valence-corrected chi connectivity index (χ3v) is 5.21. The highest BCUT2D eigenvalue weighted by atomic mass is 19.1. The van der Waals surface area contributed by atoms with Gasteiger partial charge < -0.3 is 23.9 Å². The maximum atomic E-state index is 13.3. The smallest absolute Gasteiger partial charge is 0.320 e. The molecule has 1 saturated heterocycles. The number of furan rings is 1. The molecule has 8 heteroatoms. The number of halogens is 1. The molecule has 1 unspecified atom stereocenters. The minimum absolute atomic E-state index is 0.0602. The number of carbonyl (C=O) groups excluding carboxylic acids is 2. The van der Waals surface area contributed by atoms with Crippen molar-refractivity contribution in [3.05, 3.63) is 59.3 Å². The van der Waals surface area contributed by atoms with Crippen molar-refractivity contribution in [2.24, 2.45) is 0 Å². The average Bonchev–Trinajstić information content (AvgIpc) is 3.39. The van der Waals surface area contributed by atoms with Gasteiger partial charge in [0.15, 0.2) is 0 Å². The molecule has 0 radical (unpaired) electrons. The fourth-order valence-corrected chi connectivity index (χ4v) is 3.59. The predicted molar refractivity (Wildman–Crippen MR) is 114 cm³/mol. The second-order valence-electron chi connectivity index (χ2n) is 8.08. The number of rotatable bonds is 8. The van der Waals surface area contributed by atoms with Crippen LogP contribution in [0.15, 0.2) is 40.8 Å². The highest BCUT2D eigenvalue weighted by Crippen LogP contribution is 2.17. The number of carbonyl (C=O) groups is 2. The van der Waals surface area contributed by atoms with Gasteiger partial charge in [0.05, 0.1) is 12.6 Å². The lowest BCUT2D eigenvalue weighted by atomic mass is 10.2. The Balaban J connectivity index is 1.76. The summed E-state index contributed by atoms with van der Waals surface area (Å²) in [5, 5.41) is 0. The summed E-state index contributed by atoms with van der Waals surface area (Å²) in [7, 11) is 3.33. The molecule has 0 N–H and O–H groups in total. The van der Waals surface area contributed by atoms with Gasteiger partial charge in [0.25, 0.3) is 0 Å². The molecule has 1 atom stereocenters. The highest BCUT2D eigenvalue weighted by molar-refractivity contribution is 5.84. The molecule has 1 aromatic heterocycles. The summed E-state index contributed by atoms with van der Waals surface area (Å²) < 4.78 is 24.6. The molecule has 1 aliphatic rings. The zero-order valence-corrected chi connectivity index (χ0v) is 18.3. The molecular formula is C23H30FN3O4. The van der Waals surface area contributed by atoms with E-state index in [4.69, 9.17) is 9.15 Å². The topological polar surface area (TPSA) is 66.2 Å². The van der Waals surface area contributed by atoms with Crippen LogP contribution in [0.5, 0.6) is 0 Å². The standard InChI is InChI=1S/C23H30FN3O4/c1-17-6-11-21(31-17)15-26(13-18-7-9-19(24)10-8-18)22(28)16-27(23(29)25(2)3)14-20-5-4-12-30-20/h6-11,20H,4-5,12-16H2,1-3H3. The molecule has 1 aromatic carbocycles. The number of amides is 3. The van der Waals surface area contributed by atoms with E-state index in [1.807, 2.05) is 19.1 Å². The number of benzene rings is 1. The summed E-state index contributed by atoms with van der Waals surface area (Å²) in [5.74, 6) is 0.860. The Morgan fingerprint density at radius 2 is 1.81 bits per heavy atom. The van der Waals surface area contributed by atoms with E-state index in [9.17, 15) is 14.0 Å². The number of nitrogens with zero attached hydrogens (tertiary/aromatic N) is 3. The lowest BCUT2D eigenvalue weighted by molar-refractivity contribution is -0.133. The summed E-state index contributed by atoms with van der Waals surface area (Å²) >= 11 is 0. The largest absolute Gasteiger partial charge is 0.464 e. The molecule has 1 fully saturated rings. The molecule has 7 nitrogen and oxygen atoms in total. The number of hydrogen-bond acceptors (Lipinski definition) is 4. The highest BCUT2D eigenvalue weighted by Gasteiger charge is 2.27. The van der Waals surface area contributed by atoms with Gasteiger partial charge in [0, 0.05) is 33.8 Å². The molecule has 3 amide bonds. The van der Waals surface area contributed by atoms with Gasteiger partial charge in [-0.1, -0.05) is 12.1 Å². The van der Waals surface area contributed by atoms with E-state index in [0.717, 1.165) is 24.2 Å². The Hall–Kier alpha value is -2.87. The first kappa shape index (κ1) is 22.8. The van der Waals surface area contributed by atoms with Crippen LogP contribution in [0.1, 0.15) is 29.9 Å². The number of ether oxygens (including phenoxy) is 1. The molecule has 2 heterocycles. The van der Waals surface area contributed by atoms with Crippen LogP contribution in [-0.2, 0) is 22.6 Å². The van der Waals surface area contributed by atoms with Crippen molar-refractivity contribution in [3.63, 3.8) is 0 Å². The second-order valence-corrected chi connectivity index (χ2v) is 8.08. The van der Waals surface area contributed by atoms with Crippen LogP contribution in [0.25, 0.3) is 0 Å². The quantitative estimate of drug-likeness (QED) is 0.642. The molecule has 168 valence electrons. The SMILES string of the molecule is Cc1ccc(CN(Cc2ccc(F)cc2)C(=O)CN(CC2CCCO2)C(=O)N(C)C)o1. The van der Waals surface area contributed by atoms with Gasteiger partial charge in [-0.15, -0.1) is 0 Å². The van der Waals surface area contributed by atoms with Crippen LogP contribution in [0, 0.1) is 12.7 Å². The van der Waals surface area contributed by atoms with Crippen molar-refractivity contribution >= 4 is 11.9 Å². The lowest BCUT2D eigenvalue weighted by Gasteiger charge is -2.30. The summed E-state index contributed by atoms with van der Waals surface area (Å²) in [6, 6.07) is 9.48. The maximum absolute atomic E-state index is 13.3. The van der Waals surface area contributed by atoms with Crippen LogP contribution < -0.4 is 0 Å². The molecule has 1 aliphatic heterocycles. The van der Waals surface area contributed by atoms with Crippen LogP contribution in [0.4, 0.5) is 9.18 Å². The van der Waals surface area contributed by atoms with Crippen molar-refractivity contribution < 1.29 is 23.1 Å². The van der Waals surface area contributed by atoms with E-state index in [2.05, 4.69) is 0 Å². The first-order valence-corrected chi connectivity index (χ1v) is 10.5. The van der Waals surface area contributed by atoms with Crippen LogP contribution in [-0.4, -0.2) is 66.5 Å². The van der Waals surface area contributed by atoms with E-state index in [1.54, 1.807) is 31.1 Å². The molecule has 0 saturated carbocycles.